The summed E-state index contributed by atoms with van der Waals surface area (Å²) in [4.78, 5) is 16.4. The van der Waals surface area contributed by atoms with Gasteiger partial charge in [0, 0.05) is 28.4 Å². The van der Waals surface area contributed by atoms with E-state index in [4.69, 9.17) is 0 Å². The number of halogens is 1. The smallest absolute Gasteiger partial charge is 0.256 e. The van der Waals surface area contributed by atoms with Crippen molar-refractivity contribution in [2.24, 2.45) is 0 Å². The van der Waals surface area contributed by atoms with Gasteiger partial charge in [-0.25, -0.2) is 9.37 Å². The van der Waals surface area contributed by atoms with E-state index >= 15 is 0 Å². The first-order chi connectivity index (χ1) is 10.6. The molecule has 0 aliphatic rings. The van der Waals surface area contributed by atoms with Crippen LogP contribution < -0.4 is 5.32 Å². The van der Waals surface area contributed by atoms with Gasteiger partial charge in [0.1, 0.15) is 10.8 Å². The van der Waals surface area contributed by atoms with Crippen LogP contribution in [0.2, 0.25) is 0 Å². The van der Waals surface area contributed by atoms with Gasteiger partial charge in [-0.15, -0.1) is 11.3 Å². The maximum atomic E-state index is 13.3. The van der Waals surface area contributed by atoms with Gasteiger partial charge in [0.05, 0.1) is 0 Å². The van der Waals surface area contributed by atoms with E-state index in [2.05, 4.69) is 10.3 Å². The second-order valence-electron chi connectivity index (χ2n) is 4.83. The first-order valence-corrected chi connectivity index (χ1v) is 7.59. The van der Waals surface area contributed by atoms with Crippen LogP contribution in [0.5, 0.6) is 0 Å². The third kappa shape index (κ3) is 3.04. The van der Waals surface area contributed by atoms with Crippen molar-refractivity contribution < 1.29 is 9.18 Å². The lowest BCUT2D eigenvalue weighted by Gasteiger charge is -2.08. The fourth-order valence-corrected chi connectivity index (χ4v) is 2.74. The molecule has 2 aromatic carbocycles. The Kier molecular flexibility index (Phi) is 3.98. The molecule has 3 rings (SSSR count). The number of benzene rings is 2. The number of anilines is 1. The van der Waals surface area contributed by atoms with Crippen molar-refractivity contribution in [1.82, 2.24) is 4.98 Å². The second kappa shape index (κ2) is 6.07. The van der Waals surface area contributed by atoms with Crippen molar-refractivity contribution >= 4 is 22.9 Å². The quantitative estimate of drug-likeness (QED) is 0.773. The van der Waals surface area contributed by atoms with Crippen LogP contribution in [0.1, 0.15) is 15.9 Å². The van der Waals surface area contributed by atoms with E-state index in [9.17, 15) is 9.18 Å². The highest BCUT2D eigenvalue weighted by Gasteiger charge is 2.10. The summed E-state index contributed by atoms with van der Waals surface area (Å²) < 4.78 is 13.3. The number of nitrogens with one attached hydrogen (secondary N) is 1. The van der Waals surface area contributed by atoms with E-state index in [1.165, 1.54) is 12.1 Å². The predicted octanol–water partition coefficient (Wildman–Crippen LogP) is 4.51. The normalized spacial score (nSPS) is 10.5. The van der Waals surface area contributed by atoms with Crippen molar-refractivity contribution in [1.29, 1.82) is 0 Å². The molecule has 3 aromatic rings. The molecule has 22 heavy (non-hydrogen) atoms. The Hall–Kier alpha value is -2.53. The van der Waals surface area contributed by atoms with Gasteiger partial charge in [-0.1, -0.05) is 6.07 Å². The number of hydrogen-bond acceptors (Lipinski definition) is 3. The molecule has 0 unspecified atom stereocenters. The van der Waals surface area contributed by atoms with Gasteiger partial charge in [0.25, 0.3) is 5.91 Å². The number of aryl methyl sites for hydroxylation is 1. The Balaban J connectivity index is 1.78. The third-order valence-corrected chi connectivity index (χ3v) is 4.09. The zero-order valence-electron chi connectivity index (χ0n) is 11.8. The van der Waals surface area contributed by atoms with Gasteiger partial charge in [-0.05, 0) is 48.9 Å². The Labute approximate surface area is 131 Å². The number of amides is 1. The van der Waals surface area contributed by atoms with Crippen LogP contribution in [0.3, 0.4) is 0 Å². The van der Waals surface area contributed by atoms with E-state index in [0.717, 1.165) is 16.1 Å². The van der Waals surface area contributed by atoms with Crippen molar-refractivity contribution in [3.63, 3.8) is 0 Å². The molecule has 0 bridgehead atoms. The van der Waals surface area contributed by atoms with E-state index in [1.54, 1.807) is 30.5 Å². The van der Waals surface area contributed by atoms with E-state index < -0.39 is 5.82 Å². The third-order valence-electron chi connectivity index (χ3n) is 3.27. The summed E-state index contributed by atoms with van der Waals surface area (Å²) in [5.74, 6) is -0.742. The molecular formula is C17H13FN2OS. The van der Waals surface area contributed by atoms with Crippen LogP contribution in [0, 0.1) is 12.7 Å². The number of carbonyl (C=O) groups excluding carboxylic acids is 1. The molecule has 0 aliphatic heterocycles. The van der Waals surface area contributed by atoms with Gasteiger partial charge >= 0.3 is 0 Å². The largest absolute Gasteiger partial charge is 0.322 e. The lowest BCUT2D eigenvalue weighted by atomic mass is 10.1. The zero-order valence-corrected chi connectivity index (χ0v) is 12.7. The first kappa shape index (κ1) is 14.4. The van der Waals surface area contributed by atoms with Crippen molar-refractivity contribution in [3.05, 3.63) is 71.0 Å². The molecule has 0 aliphatic carbocycles. The van der Waals surface area contributed by atoms with Crippen LogP contribution in [0.4, 0.5) is 10.1 Å². The standard InChI is InChI=1S/C17H13FN2OS/c1-11-2-5-13(18)10-15(11)16(21)20-14-6-3-12(4-7-14)17-19-8-9-22-17/h2-10H,1H3,(H,20,21). The molecule has 1 N–H and O–H groups in total. The van der Waals surface area contributed by atoms with E-state index in [1.807, 2.05) is 29.6 Å². The highest BCUT2D eigenvalue weighted by molar-refractivity contribution is 7.13. The molecule has 1 aromatic heterocycles. The van der Waals surface area contributed by atoms with Crippen molar-refractivity contribution in [3.8, 4) is 10.6 Å². The summed E-state index contributed by atoms with van der Waals surface area (Å²) in [5.41, 5.74) is 2.73. The Morgan fingerprint density at radius 2 is 1.95 bits per heavy atom. The minimum atomic E-state index is -0.421. The molecule has 5 heteroatoms. The zero-order chi connectivity index (χ0) is 15.5. The highest BCUT2D eigenvalue weighted by Crippen LogP contribution is 2.23. The van der Waals surface area contributed by atoms with Crippen molar-refractivity contribution in [2.75, 3.05) is 5.32 Å². The molecule has 110 valence electrons. The maximum absolute atomic E-state index is 13.3. The summed E-state index contributed by atoms with van der Waals surface area (Å²) in [5, 5.41) is 5.62. The van der Waals surface area contributed by atoms with Crippen molar-refractivity contribution in [2.45, 2.75) is 6.92 Å². The van der Waals surface area contributed by atoms with E-state index in [0.29, 0.717) is 11.3 Å². The summed E-state index contributed by atoms with van der Waals surface area (Å²) in [6.45, 7) is 1.78. The van der Waals surface area contributed by atoms with Crippen LogP contribution >= 0.6 is 11.3 Å². The number of rotatable bonds is 3. The predicted molar refractivity (Wildman–Crippen MR) is 86.6 cm³/mol. The molecule has 0 spiro atoms. The first-order valence-electron chi connectivity index (χ1n) is 6.71. The summed E-state index contributed by atoms with van der Waals surface area (Å²) in [7, 11) is 0. The summed E-state index contributed by atoms with van der Waals surface area (Å²) >= 11 is 1.56. The SMILES string of the molecule is Cc1ccc(F)cc1C(=O)Nc1ccc(-c2nccs2)cc1. The van der Waals surface area contributed by atoms with Gasteiger partial charge in [-0.3, -0.25) is 4.79 Å². The molecule has 0 radical (unpaired) electrons. The number of carbonyl (C=O) groups is 1. The van der Waals surface area contributed by atoms with Gasteiger partial charge in [0.2, 0.25) is 0 Å². The average Bonchev–Trinajstić information content (AvgIpc) is 3.05. The summed E-state index contributed by atoms with van der Waals surface area (Å²) in [6, 6.07) is 11.6. The number of aromatic nitrogens is 1. The Morgan fingerprint density at radius 3 is 2.64 bits per heavy atom. The van der Waals surface area contributed by atoms with Crippen LogP contribution in [-0.2, 0) is 0 Å². The Bertz CT molecular complexity index is 798. The van der Waals surface area contributed by atoms with Crippen LogP contribution in [0.25, 0.3) is 10.6 Å². The fraction of sp³-hybridized carbons (Fsp3) is 0.0588. The molecular weight excluding hydrogens is 299 g/mol. The minimum Gasteiger partial charge on any atom is -0.322 e. The van der Waals surface area contributed by atoms with Crippen LogP contribution in [0.15, 0.2) is 54.0 Å². The van der Waals surface area contributed by atoms with E-state index in [-0.39, 0.29) is 5.91 Å². The summed E-state index contributed by atoms with van der Waals surface area (Å²) in [6.07, 6.45) is 1.75. The molecule has 1 amide bonds. The maximum Gasteiger partial charge on any atom is 0.256 e. The molecule has 0 atom stereocenters. The number of hydrogen-bond donors (Lipinski definition) is 1. The minimum absolute atomic E-state index is 0.320. The van der Waals surface area contributed by atoms with Crippen LogP contribution in [-0.4, -0.2) is 10.9 Å². The molecule has 0 saturated heterocycles. The Morgan fingerprint density at radius 1 is 1.18 bits per heavy atom. The van der Waals surface area contributed by atoms with Gasteiger partial charge in [0.15, 0.2) is 0 Å². The lowest BCUT2D eigenvalue weighted by Crippen LogP contribution is -2.13. The lowest BCUT2D eigenvalue weighted by molar-refractivity contribution is 0.102. The average molecular weight is 312 g/mol. The number of nitrogens with zero attached hydrogens (tertiary/aromatic N) is 1. The fourth-order valence-electron chi connectivity index (χ4n) is 2.10. The monoisotopic (exact) mass is 312 g/mol. The topological polar surface area (TPSA) is 42.0 Å². The second-order valence-corrected chi connectivity index (χ2v) is 5.72. The number of thiazole rings is 1. The molecule has 3 nitrogen and oxygen atoms in total. The highest BCUT2D eigenvalue weighted by atomic mass is 32.1. The molecule has 0 fully saturated rings. The molecule has 1 heterocycles. The van der Waals surface area contributed by atoms with Gasteiger partial charge in [-0.2, -0.15) is 0 Å². The molecule has 0 saturated carbocycles. The van der Waals surface area contributed by atoms with Gasteiger partial charge < -0.3 is 5.32 Å².